The highest BCUT2D eigenvalue weighted by atomic mass is 35.5. The summed E-state index contributed by atoms with van der Waals surface area (Å²) >= 11 is 5.99. The van der Waals surface area contributed by atoms with E-state index >= 15 is 0 Å². The smallest absolute Gasteiger partial charge is 0.137 e. The Morgan fingerprint density at radius 1 is 1.18 bits per heavy atom. The molecule has 1 heterocycles. The SMILES string of the molecule is Clc1ccc2c(NCCCOC3CCCCC3)ncnc2c1. The van der Waals surface area contributed by atoms with E-state index in [-0.39, 0.29) is 0 Å². The van der Waals surface area contributed by atoms with Crippen molar-refractivity contribution in [1.29, 1.82) is 0 Å². The van der Waals surface area contributed by atoms with Crippen LogP contribution >= 0.6 is 11.6 Å². The van der Waals surface area contributed by atoms with E-state index in [0.717, 1.165) is 36.3 Å². The predicted molar refractivity (Wildman–Crippen MR) is 90.5 cm³/mol. The Bertz CT molecular complexity index is 614. The first-order chi connectivity index (χ1) is 10.8. The second kappa shape index (κ2) is 7.75. The molecule has 1 aromatic heterocycles. The van der Waals surface area contributed by atoms with Gasteiger partial charge in [0.2, 0.25) is 0 Å². The molecule has 0 unspecified atom stereocenters. The number of rotatable bonds is 6. The molecule has 1 fully saturated rings. The molecule has 0 atom stereocenters. The molecule has 22 heavy (non-hydrogen) atoms. The number of nitrogens with zero attached hydrogens (tertiary/aromatic N) is 2. The molecule has 0 spiro atoms. The van der Waals surface area contributed by atoms with Crippen molar-refractivity contribution in [2.24, 2.45) is 0 Å². The lowest BCUT2D eigenvalue weighted by Crippen LogP contribution is -2.18. The van der Waals surface area contributed by atoms with Crippen LogP contribution in [-0.2, 0) is 4.74 Å². The lowest BCUT2D eigenvalue weighted by molar-refractivity contribution is 0.0284. The quantitative estimate of drug-likeness (QED) is 0.800. The summed E-state index contributed by atoms with van der Waals surface area (Å²) in [6.45, 7) is 1.66. The molecular weight excluding hydrogens is 298 g/mol. The van der Waals surface area contributed by atoms with E-state index in [0.29, 0.717) is 11.1 Å². The van der Waals surface area contributed by atoms with E-state index in [1.807, 2.05) is 18.2 Å². The fourth-order valence-corrected chi connectivity index (χ4v) is 3.10. The van der Waals surface area contributed by atoms with Crippen molar-refractivity contribution in [3.63, 3.8) is 0 Å². The van der Waals surface area contributed by atoms with Crippen LogP contribution in [0.3, 0.4) is 0 Å². The third-order valence-corrected chi connectivity index (χ3v) is 4.35. The first kappa shape index (κ1) is 15.5. The van der Waals surface area contributed by atoms with Crippen LogP contribution in [0.25, 0.3) is 10.9 Å². The van der Waals surface area contributed by atoms with Crippen LogP contribution in [0.15, 0.2) is 24.5 Å². The third kappa shape index (κ3) is 4.08. The minimum absolute atomic E-state index is 0.482. The van der Waals surface area contributed by atoms with Gasteiger partial charge < -0.3 is 10.1 Å². The number of nitrogens with one attached hydrogen (secondary N) is 1. The Kier molecular flexibility index (Phi) is 5.46. The zero-order valence-electron chi connectivity index (χ0n) is 12.7. The summed E-state index contributed by atoms with van der Waals surface area (Å²) in [5.74, 6) is 0.860. The lowest BCUT2D eigenvalue weighted by atomic mass is 9.98. The molecule has 5 heteroatoms. The maximum Gasteiger partial charge on any atom is 0.137 e. The van der Waals surface area contributed by atoms with Gasteiger partial charge in [0.15, 0.2) is 0 Å². The zero-order chi connectivity index (χ0) is 15.2. The molecule has 3 rings (SSSR count). The van der Waals surface area contributed by atoms with Crippen LogP contribution in [0.5, 0.6) is 0 Å². The van der Waals surface area contributed by atoms with Gasteiger partial charge in [-0.25, -0.2) is 9.97 Å². The second-order valence-electron chi connectivity index (χ2n) is 5.79. The number of ether oxygens (including phenoxy) is 1. The Balaban J connectivity index is 1.47. The molecule has 0 amide bonds. The van der Waals surface area contributed by atoms with Crippen molar-refractivity contribution in [1.82, 2.24) is 9.97 Å². The lowest BCUT2D eigenvalue weighted by Gasteiger charge is -2.22. The van der Waals surface area contributed by atoms with Gasteiger partial charge in [-0.3, -0.25) is 0 Å². The molecule has 1 aliphatic carbocycles. The molecule has 1 aliphatic rings. The molecule has 118 valence electrons. The maximum atomic E-state index is 5.99. The average Bonchev–Trinajstić information content (AvgIpc) is 2.55. The van der Waals surface area contributed by atoms with Gasteiger partial charge in [0, 0.05) is 23.6 Å². The minimum Gasteiger partial charge on any atom is -0.378 e. The van der Waals surface area contributed by atoms with Crippen LogP contribution in [0, 0.1) is 0 Å². The van der Waals surface area contributed by atoms with Crippen LogP contribution in [0.1, 0.15) is 38.5 Å². The molecule has 0 bridgehead atoms. The van der Waals surface area contributed by atoms with Gasteiger partial charge in [-0.05, 0) is 37.5 Å². The first-order valence-electron chi connectivity index (χ1n) is 8.09. The molecule has 2 aromatic rings. The minimum atomic E-state index is 0.482. The highest BCUT2D eigenvalue weighted by Gasteiger charge is 2.13. The summed E-state index contributed by atoms with van der Waals surface area (Å²) < 4.78 is 5.93. The van der Waals surface area contributed by atoms with E-state index in [4.69, 9.17) is 16.3 Å². The van der Waals surface area contributed by atoms with Crippen molar-refractivity contribution < 1.29 is 4.74 Å². The van der Waals surface area contributed by atoms with Crippen molar-refractivity contribution in [2.45, 2.75) is 44.6 Å². The van der Waals surface area contributed by atoms with Gasteiger partial charge >= 0.3 is 0 Å². The molecule has 0 radical (unpaired) electrons. The summed E-state index contributed by atoms with van der Waals surface area (Å²) in [5, 5.41) is 5.06. The van der Waals surface area contributed by atoms with Crippen LogP contribution in [0.4, 0.5) is 5.82 Å². The molecule has 1 saturated carbocycles. The molecule has 0 aliphatic heterocycles. The van der Waals surface area contributed by atoms with Crippen LogP contribution in [-0.4, -0.2) is 29.2 Å². The summed E-state index contributed by atoms with van der Waals surface area (Å²) in [6.07, 6.45) is 9.49. The Morgan fingerprint density at radius 3 is 2.91 bits per heavy atom. The van der Waals surface area contributed by atoms with E-state index in [1.54, 1.807) is 6.33 Å². The number of aromatic nitrogens is 2. The number of anilines is 1. The summed E-state index contributed by atoms with van der Waals surface area (Å²) in [6, 6.07) is 5.68. The third-order valence-electron chi connectivity index (χ3n) is 4.12. The normalized spacial score (nSPS) is 16.0. The number of halogens is 1. The number of hydrogen-bond acceptors (Lipinski definition) is 4. The fraction of sp³-hybridized carbons (Fsp3) is 0.529. The Morgan fingerprint density at radius 2 is 2.05 bits per heavy atom. The fourth-order valence-electron chi connectivity index (χ4n) is 2.93. The predicted octanol–water partition coefficient (Wildman–Crippen LogP) is 4.43. The second-order valence-corrected chi connectivity index (χ2v) is 6.23. The van der Waals surface area contributed by atoms with Crippen molar-refractivity contribution >= 4 is 28.3 Å². The molecule has 1 N–H and O–H groups in total. The summed E-state index contributed by atoms with van der Waals surface area (Å²) in [7, 11) is 0. The number of fused-ring (bicyclic) bond motifs is 1. The summed E-state index contributed by atoms with van der Waals surface area (Å²) in [4.78, 5) is 8.57. The molecule has 4 nitrogen and oxygen atoms in total. The monoisotopic (exact) mass is 319 g/mol. The van der Waals surface area contributed by atoms with Crippen molar-refractivity contribution in [3.05, 3.63) is 29.5 Å². The van der Waals surface area contributed by atoms with E-state index in [9.17, 15) is 0 Å². The van der Waals surface area contributed by atoms with E-state index < -0.39 is 0 Å². The van der Waals surface area contributed by atoms with E-state index in [2.05, 4.69) is 15.3 Å². The highest BCUT2D eigenvalue weighted by molar-refractivity contribution is 6.31. The first-order valence-corrected chi connectivity index (χ1v) is 8.46. The molecular formula is C17H22ClN3O. The topological polar surface area (TPSA) is 47.0 Å². The van der Waals surface area contributed by atoms with Crippen LogP contribution in [0.2, 0.25) is 5.02 Å². The van der Waals surface area contributed by atoms with Gasteiger partial charge in [0.1, 0.15) is 12.1 Å². The summed E-state index contributed by atoms with van der Waals surface area (Å²) in [5.41, 5.74) is 0.864. The Labute approximate surface area is 136 Å². The largest absolute Gasteiger partial charge is 0.378 e. The zero-order valence-corrected chi connectivity index (χ0v) is 13.5. The van der Waals surface area contributed by atoms with Crippen molar-refractivity contribution in [3.8, 4) is 0 Å². The van der Waals surface area contributed by atoms with Crippen LogP contribution < -0.4 is 5.32 Å². The molecule has 0 saturated heterocycles. The van der Waals surface area contributed by atoms with Crippen molar-refractivity contribution in [2.75, 3.05) is 18.5 Å². The number of benzene rings is 1. The van der Waals surface area contributed by atoms with Gasteiger partial charge in [-0.15, -0.1) is 0 Å². The average molecular weight is 320 g/mol. The van der Waals surface area contributed by atoms with Gasteiger partial charge in [0.05, 0.1) is 11.6 Å². The van der Waals surface area contributed by atoms with Gasteiger partial charge in [-0.2, -0.15) is 0 Å². The van der Waals surface area contributed by atoms with Gasteiger partial charge in [0.25, 0.3) is 0 Å². The molecule has 1 aromatic carbocycles. The highest BCUT2D eigenvalue weighted by Crippen LogP contribution is 2.23. The Hall–Kier alpha value is -1.39. The standard InChI is InChI=1S/C17H22ClN3O/c18-13-7-8-15-16(11-13)20-12-21-17(15)19-9-4-10-22-14-5-2-1-3-6-14/h7-8,11-12,14H,1-6,9-10H2,(H,19,20,21). The van der Waals surface area contributed by atoms with E-state index in [1.165, 1.54) is 32.1 Å². The maximum absolute atomic E-state index is 5.99. The van der Waals surface area contributed by atoms with Gasteiger partial charge in [-0.1, -0.05) is 30.9 Å². The number of hydrogen-bond donors (Lipinski definition) is 1.